The molecule has 3 rings (SSSR count). The third-order valence-corrected chi connectivity index (χ3v) is 4.56. The summed E-state index contributed by atoms with van der Waals surface area (Å²) < 4.78 is 10.5. The van der Waals surface area contributed by atoms with E-state index >= 15 is 0 Å². The molecule has 0 radical (unpaired) electrons. The van der Waals surface area contributed by atoms with Crippen molar-refractivity contribution in [2.45, 2.75) is 0 Å². The molecule has 0 bridgehead atoms. The van der Waals surface area contributed by atoms with Gasteiger partial charge in [-0.1, -0.05) is 0 Å². The fraction of sp³-hybridized carbons (Fsp3) is 0.105. The van der Waals surface area contributed by atoms with E-state index in [2.05, 4.69) is 11.0 Å². The van der Waals surface area contributed by atoms with Crippen LogP contribution in [0.1, 0.15) is 4.88 Å². The van der Waals surface area contributed by atoms with Crippen molar-refractivity contribution in [3.05, 3.63) is 65.5 Å². The molecule has 1 aromatic heterocycles. The molecule has 0 atom stereocenters. The lowest BCUT2D eigenvalue weighted by Crippen LogP contribution is -2.08. The van der Waals surface area contributed by atoms with Crippen LogP contribution in [0.3, 0.4) is 0 Å². The van der Waals surface area contributed by atoms with E-state index in [9.17, 15) is 0 Å². The molecule has 1 heterocycles. The fourth-order valence-electron chi connectivity index (χ4n) is 2.37. The van der Waals surface area contributed by atoms with Crippen molar-refractivity contribution in [3.8, 4) is 17.6 Å². The largest absolute Gasteiger partial charge is 0.497 e. The summed E-state index contributed by atoms with van der Waals surface area (Å²) in [6.45, 7) is 0. The Labute approximate surface area is 145 Å². The highest BCUT2D eigenvalue weighted by atomic mass is 32.1. The van der Waals surface area contributed by atoms with Crippen LogP contribution < -0.4 is 14.4 Å². The van der Waals surface area contributed by atoms with E-state index in [1.165, 1.54) is 11.3 Å². The van der Waals surface area contributed by atoms with E-state index in [-0.39, 0.29) is 0 Å². The molecular formula is C19H16N2O2S. The zero-order chi connectivity index (χ0) is 16.9. The van der Waals surface area contributed by atoms with Gasteiger partial charge in [0.1, 0.15) is 27.4 Å². The maximum absolute atomic E-state index is 9.12. The highest BCUT2D eigenvalue weighted by molar-refractivity contribution is 7.16. The highest BCUT2D eigenvalue weighted by Crippen LogP contribution is 2.39. The van der Waals surface area contributed by atoms with E-state index in [1.54, 1.807) is 14.2 Å². The number of methoxy groups -OCH3 is 2. The summed E-state index contributed by atoms with van der Waals surface area (Å²) in [5.74, 6) is 1.61. The summed E-state index contributed by atoms with van der Waals surface area (Å²) >= 11 is 1.45. The molecule has 4 nitrogen and oxygen atoms in total. The van der Waals surface area contributed by atoms with Crippen LogP contribution in [0.5, 0.6) is 11.5 Å². The quantitative estimate of drug-likeness (QED) is 0.650. The Bertz CT molecular complexity index is 801. The molecule has 0 amide bonds. The Kier molecular flexibility index (Phi) is 4.69. The van der Waals surface area contributed by atoms with Crippen molar-refractivity contribution >= 4 is 27.7 Å². The first-order valence-electron chi connectivity index (χ1n) is 7.33. The Morgan fingerprint density at radius 3 is 1.67 bits per heavy atom. The third kappa shape index (κ3) is 3.19. The van der Waals surface area contributed by atoms with Crippen LogP contribution in [0.15, 0.2) is 60.7 Å². The van der Waals surface area contributed by atoms with E-state index in [1.807, 2.05) is 60.7 Å². The molecule has 2 aromatic carbocycles. The number of ether oxygens (including phenoxy) is 2. The molecule has 5 heteroatoms. The number of benzene rings is 2. The van der Waals surface area contributed by atoms with E-state index in [0.717, 1.165) is 27.9 Å². The lowest BCUT2D eigenvalue weighted by molar-refractivity contribution is 0.415. The average Bonchev–Trinajstić information content (AvgIpc) is 3.12. The number of nitrogens with zero attached hydrogens (tertiary/aromatic N) is 2. The van der Waals surface area contributed by atoms with Crippen molar-refractivity contribution in [2.75, 3.05) is 19.1 Å². The molecule has 24 heavy (non-hydrogen) atoms. The predicted molar refractivity (Wildman–Crippen MR) is 96.8 cm³/mol. The number of rotatable bonds is 5. The molecule has 0 spiro atoms. The molecule has 0 unspecified atom stereocenters. The zero-order valence-corrected chi connectivity index (χ0v) is 14.2. The smallest absolute Gasteiger partial charge is 0.119 e. The highest BCUT2D eigenvalue weighted by Gasteiger charge is 2.15. The van der Waals surface area contributed by atoms with Crippen LogP contribution in [-0.2, 0) is 0 Å². The molecule has 0 aliphatic carbocycles. The van der Waals surface area contributed by atoms with Gasteiger partial charge >= 0.3 is 0 Å². The lowest BCUT2D eigenvalue weighted by Gasteiger charge is -2.23. The molecule has 0 fully saturated rings. The van der Waals surface area contributed by atoms with Gasteiger partial charge in [-0.2, -0.15) is 5.26 Å². The first-order chi connectivity index (χ1) is 11.7. The van der Waals surface area contributed by atoms with Crippen LogP contribution in [-0.4, -0.2) is 14.2 Å². The predicted octanol–water partition coefficient (Wildman–Crippen LogP) is 5.11. The Balaban J connectivity index is 2.06. The number of nitriles is 1. The summed E-state index contributed by atoms with van der Waals surface area (Å²) in [5.41, 5.74) is 1.99. The van der Waals surface area contributed by atoms with Gasteiger partial charge in [0.25, 0.3) is 0 Å². The SMILES string of the molecule is COc1ccc(N(c2ccc(OC)cc2)c2ccc(C#N)s2)cc1. The van der Waals surface area contributed by atoms with Crippen LogP contribution in [0.2, 0.25) is 0 Å². The average molecular weight is 336 g/mol. The van der Waals surface area contributed by atoms with Crippen LogP contribution in [0.25, 0.3) is 0 Å². The normalized spacial score (nSPS) is 10.0. The van der Waals surface area contributed by atoms with Crippen molar-refractivity contribution in [2.24, 2.45) is 0 Å². The molecule has 0 aliphatic rings. The number of hydrogen-bond donors (Lipinski definition) is 0. The van der Waals surface area contributed by atoms with Crippen LogP contribution in [0, 0.1) is 11.3 Å². The van der Waals surface area contributed by atoms with Gasteiger partial charge < -0.3 is 14.4 Å². The topological polar surface area (TPSA) is 45.5 Å². The molecule has 120 valence electrons. The minimum atomic E-state index is 0.678. The summed E-state index contributed by atoms with van der Waals surface area (Å²) in [4.78, 5) is 2.78. The number of hydrogen-bond acceptors (Lipinski definition) is 5. The minimum Gasteiger partial charge on any atom is -0.497 e. The van der Waals surface area contributed by atoms with Gasteiger partial charge in [0.15, 0.2) is 0 Å². The van der Waals surface area contributed by atoms with Gasteiger partial charge in [-0.3, -0.25) is 0 Å². The lowest BCUT2D eigenvalue weighted by atomic mass is 10.2. The van der Waals surface area contributed by atoms with Gasteiger partial charge in [-0.05, 0) is 60.7 Å². The van der Waals surface area contributed by atoms with E-state index in [0.29, 0.717) is 4.88 Å². The first kappa shape index (κ1) is 15.9. The maximum Gasteiger partial charge on any atom is 0.119 e. The number of anilines is 3. The van der Waals surface area contributed by atoms with Gasteiger partial charge in [0, 0.05) is 11.4 Å². The second kappa shape index (κ2) is 7.07. The minimum absolute atomic E-state index is 0.678. The van der Waals surface area contributed by atoms with Crippen molar-refractivity contribution in [3.63, 3.8) is 0 Å². The Morgan fingerprint density at radius 1 is 0.792 bits per heavy atom. The van der Waals surface area contributed by atoms with Crippen LogP contribution >= 0.6 is 11.3 Å². The summed E-state index contributed by atoms with van der Waals surface area (Å²) in [6.07, 6.45) is 0. The summed E-state index contributed by atoms with van der Waals surface area (Å²) in [6, 6.07) is 21.6. The van der Waals surface area contributed by atoms with E-state index in [4.69, 9.17) is 14.7 Å². The number of thiophene rings is 1. The van der Waals surface area contributed by atoms with Crippen molar-refractivity contribution < 1.29 is 9.47 Å². The molecule has 0 aliphatic heterocycles. The van der Waals surface area contributed by atoms with Crippen LogP contribution in [0.4, 0.5) is 16.4 Å². The monoisotopic (exact) mass is 336 g/mol. The van der Waals surface area contributed by atoms with Crippen molar-refractivity contribution in [1.29, 1.82) is 5.26 Å². The third-order valence-electron chi connectivity index (χ3n) is 3.58. The fourth-order valence-corrected chi connectivity index (χ4v) is 3.22. The Hall–Kier alpha value is -2.97. The Morgan fingerprint density at radius 2 is 1.29 bits per heavy atom. The second-order valence-electron chi connectivity index (χ2n) is 4.98. The second-order valence-corrected chi connectivity index (χ2v) is 6.04. The first-order valence-corrected chi connectivity index (χ1v) is 8.15. The molecule has 0 saturated carbocycles. The summed E-state index contributed by atoms with van der Waals surface area (Å²) in [5, 5.41) is 10.1. The summed E-state index contributed by atoms with van der Waals surface area (Å²) in [7, 11) is 3.30. The van der Waals surface area contributed by atoms with Gasteiger partial charge in [0.2, 0.25) is 0 Å². The van der Waals surface area contributed by atoms with Gasteiger partial charge in [-0.15, -0.1) is 11.3 Å². The molecule has 0 saturated heterocycles. The van der Waals surface area contributed by atoms with Gasteiger partial charge in [0.05, 0.1) is 14.2 Å². The molecular weight excluding hydrogens is 320 g/mol. The standard InChI is InChI=1S/C19H16N2O2S/c1-22-16-7-3-14(4-8-16)21(19-12-11-18(13-20)24-19)15-5-9-17(23-2)10-6-15/h3-12H,1-2H3. The van der Waals surface area contributed by atoms with Crippen molar-refractivity contribution in [1.82, 2.24) is 0 Å². The van der Waals surface area contributed by atoms with Gasteiger partial charge in [-0.25, -0.2) is 0 Å². The zero-order valence-electron chi connectivity index (χ0n) is 13.4. The molecule has 0 N–H and O–H groups in total. The van der Waals surface area contributed by atoms with E-state index < -0.39 is 0 Å². The molecule has 3 aromatic rings. The maximum atomic E-state index is 9.12.